The number of aromatic amines is 1. The van der Waals surface area contributed by atoms with Crippen molar-refractivity contribution in [1.82, 2.24) is 19.9 Å². The predicted octanol–water partition coefficient (Wildman–Crippen LogP) is 3.83. The van der Waals surface area contributed by atoms with Gasteiger partial charge in [0.05, 0.1) is 60.7 Å². The minimum absolute atomic E-state index is 0.0308. The summed E-state index contributed by atoms with van der Waals surface area (Å²) >= 11 is 6.43. The second-order valence-corrected chi connectivity index (χ2v) is 10.5. The Morgan fingerprint density at radius 3 is 2.89 bits per heavy atom. The van der Waals surface area contributed by atoms with Crippen molar-refractivity contribution < 1.29 is 19.1 Å². The summed E-state index contributed by atoms with van der Waals surface area (Å²) < 4.78 is 11.2. The number of amides is 2. The number of H-pyrrole nitrogens is 1. The van der Waals surface area contributed by atoms with Gasteiger partial charge >= 0.3 is 0 Å². The molecule has 1 aliphatic heterocycles. The molecule has 196 valence electrons. The van der Waals surface area contributed by atoms with E-state index in [0.717, 1.165) is 28.2 Å². The average Bonchev–Trinajstić information content (AvgIpc) is 3.41. The van der Waals surface area contributed by atoms with Crippen LogP contribution in [0.4, 0.5) is 11.4 Å². The Kier molecular flexibility index (Phi) is 6.17. The van der Waals surface area contributed by atoms with Crippen LogP contribution in [0, 0.1) is 5.92 Å². The number of nitrogens with zero attached hydrogens (tertiary/aromatic N) is 3. The van der Waals surface area contributed by atoms with E-state index in [0.29, 0.717) is 28.8 Å². The van der Waals surface area contributed by atoms with Crippen molar-refractivity contribution >= 4 is 56.6 Å². The van der Waals surface area contributed by atoms with Crippen molar-refractivity contribution in [2.75, 3.05) is 37.4 Å². The number of methoxy groups -OCH3 is 1. The molecule has 2 amide bonds. The monoisotopic (exact) mass is 534 g/mol. The third-order valence-electron chi connectivity index (χ3n) is 7.43. The SMILES string of the molecule is COc1ccc(NC(=O)CN2CC3CC3(C)OCC2C(=O)Nc2cc(Cl)cc3c2[nH]c2cnccc23)cn1. The zero-order valence-corrected chi connectivity index (χ0v) is 21.7. The molecule has 0 radical (unpaired) electrons. The highest BCUT2D eigenvalue weighted by molar-refractivity contribution is 6.33. The fraction of sp³-hybridized carbons (Fsp3) is 0.333. The molecule has 1 saturated carbocycles. The first-order valence-corrected chi connectivity index (χ1v) is 12.7. The van der Waals surface area contributed by atoms with E-state index in [4.69, 9.17) is 21.1 Å². The summed E-state index contributed by atoms with van der Waals surface area (Å²) in [5, 5.41) is 8.25. The molecule has 11 heteroatoms. The number of carbonyl (C=O) groups excluding carboxylic acids is 2. The maximum atomic E-state index is 13.7. The van der Waals surface area contributed by atoms with E-state index in [1.165, 1.54) is 13.3 Å². The summed E-state index contributed by atoms with van der Waals surface area (Å²) in [6, 6.07) is 8.21. The topological polar surface area (TPSA) is 121 Å². The van der Waals surface area contributed by atoms with Gasteiger partial charge in [0.2, 0.25) is 17.7 Å². The molecule has 6 rings (SSSR count). The molecule has 38 heavy (non-hydrogen) atoms. The van der Waals surface area contributed by atoms with Crippen LogP contribution in [0.15, 0.2) is 48.9 Å². The van der Waals surface area contributed by atoms with Crippen molar-refractivity contribution in [3.63, 3.8) is 0 Å². The predicted molar refractivity (Wildman–Crippen MR) is 144 cm³/mol. The van der Waals surface area contributed by atoms with E-state index in [-0.39, 0.29) is 36.5 Å². The van der Waals surface area contributed by atoms with Gasteiger partial charge in [-0.3, -0.25) is 19.5 Å². The lowest BCUT2D eigenvalue weighted by Gasteiger charge is -2.28. The minimum Gasteiger partial charge on any atom is -0.481 e. The zero-order valence-electron chi connectivity index (χ0n) is 21.0. The smallest absolute Gasteiger partial charge is 0.244 e. The van der Waals surface area contributed by atoms with Crippen LogP contribution in [-0.2, 0) is 14.3 Å². The van der Waals surface area contributed by atoms with E-state index in [1.54, 1.807) is 30.6 Å². The second kappa shape index (κ2) is 9.54. The fourth-order valence-electron chi connectivity index (χ4n) is 5.16. The lowest BCUT2D eigenvalue weighted by Crippen LogP contribution is -2.49. The van der Waals surface area contributed by atoms with Crippen molar-refractivity contribution in [1.29, 1.82) is 0 Å². The summed E-state index contributed by atoms with van der Waals surface area (Å²) in [6.45, 7) is 2.84. The number of benzene rings is 1. The van der Waals surface area contributed by atoms with E-state index in [1.807, 2.05) is 17.0 Å². The molecular weight excluding hydrogens is 508 g/mol. The van der Waals surface area contributed by atoms with Crippen LogP contribution >= 0.6 is 11.6 Å². The number of hydrogen-bond acceptors (Lipinski definition) is 7. The first-order valence-electron chi connectivity index (χ1n) is 12.4. The Morgan fingerprint density at radius 1 is 1.24 bits per heavy atom. The van der Waals surface area contributed by atoms with Crippen LogP contribution in [0.3, 0.4) is 0 Å². The largest absolute Gasteiger partial charge is 0.481 e. The van der Waals surface area contributed by atoms with Gasteiger partial charge in [-0.2, -0.15) is 0 Å². The average molecular weight is 535 g/mol. The number of aromatic nitrogens is 3. The Hall–Kier alpha value is -3.73. The molecule has 1 saturated heterocycles. The van der Waals surface area contributed by atoms with Gasteiger partial charge in [0.1, 0.15) is 6.04 Å². The van der Waals surface area contributed by atoms with Crippen LogP contribution in [0.25, 0.3) is 21.8 Å². The number of anilines is 2. The maximum absolute atomic E-state index is 13.7. The number of carbonyl (C=O) groups is 2. The molecular formula is C27H27ClN6O4. The molecule has 0 spiro atoms. The molecule has 3 atom stereocenters. The summed E-state index contributed by atoms with van der Waals surface area (Å²) in [5.41, 5.74) is 2.44. The van der Waals surface area contributed by atoms with Gasteiger partial charge in [-0.25, -0.2) is 4.98 Å². The van der Waals surface area contributed by atoms with Gasteiger partial charge in [-0.1, -0.05) is 11.6 Å². The van der Waals surface area contributed by atoms with Crippen LogP contribution in [0.2, 0.25) is 5.02 Å². The summed E-state index contributed by atoms with van der Waals surface area (Å²) in [5.74, 6) is 0.204. The quantitative estimate of drug-likeness (QED) is 0.344. The maximum Gasteiger partial charge on any atom is 0.244 e. The molecule has 3 unspecified atom stereocenters. The Labute approximate surface area is 223 Å². The van der Waals surface area contributed by atoms with Crippen LogP contribution in [-0.4, -0.2) is 70.1 Å². The first-order chi connectivity index (χ1) is 18.3. The number of fused-ring (bicyclic) bond motifs is 4. The Morgan fingerprint density at radius 2 is 2.11 bits per heavy atom. The second-order valence-electron chi connectivity index (χ2n) is 10.0. The highest BCUT2D eigenvalue weighted by Crippen LogP contribution is 2.48. The van der Waals surface area contributed by atoms with Gasteiger partial charge in [-0.15, -0.1) is 0 Å². The third-order valence-corrected chi connectivity index (χ3v) is 7.65. The molecule has 4 aromatic rings. The molecule has 0 bridgehead atoms. The molecule has 1 aliphatic carbocycles. The molecule has 3 aromatic heterocycles. The van der Waals surface area contributed by atoms with Gasteiger partial charge in [0, 0.05) is 40.5 Å². The van der Waals surface area contributed by atoms with Crippen molar-refractivity contribution in [3.8, 4) is 5.88 Å². The molecule has 4 heterocycles. The van der Waals surface area contributed by atoms with E-state index >= 15 is 0 Å². The van der Waals surface area contributed by atoms with Gasteiger partial charge in [-0.05, 0) is 37.6 Å². The molecule has 1 aromatic carbocycles. The minimum atomic E-state index is -0.667. The Balaban J connectivity index is 1.24. The summed E-state index contributed by atoms with van der Waals surface area (Å²) in [6.07, 6.45) is 5.89. The van der Waals surface area contributed by atoms with Crippen LogP contribution in [0.1, 0.15) is 13.3 Å². The number of nitrogens with one attached hydrogen (secondary N) is 3. The normalized spacial score (nSPS) is 23.0. The van der Waals surface area contributed by atoms with E-state index in [2.05, 4.69) is 32.5 Å². The first kappa shape index (κ1) is 24.6. The summed E-state index contributed by atoms with van der Waals surface area (Å²) in [4.78, 5) is 40.2. The van der Waals surface area contributed by atoms with E-state index < -0.39 is 6.04 Å². The number of halogens is 1. The van der Waals surface area contributed by atoms with Crippen molar-refractivity contribution in [2.24, 2.45) is 5.92 Å². The highest BCUT2D eigenvalue weighted by Gasteiger charge is 2.55. The summed E-state index contributed by atoms with van der Waals surface area (Å²) in [7, 11) is 1.53. The molecule has 2 aliphatic rings. The number of hydrogen-bond donors (Lipinski definition) is 3. The third kappa shape index (κ3) is 4.66. The molecule has 2 fully saturated rings. The van der Waals surface area contributed by atoms with Gasteiger partial charge < -0.3 is 25.1 Å². The van der Waals surface area contributed by atoms with E-state index in [9.17, 15) is 9.59 Å². The van der Waals surface area contributed by atoms with Crippen molar-refractivity contribution in [2.45, 2.75) is 25.0 Å². The van der Waals surface area contributed by atoms with Gasteiger partial charge in [0.15, 0.2) is 0 Å². The van der Waals surface area contributed by atoms with Crippen LogP contribution in [0.5, 0.6) is 5.88 Å². The zero-order chi connectivity index (χ0) is 26.4. The number of pyridine rings is 2. The number of ether oxygens (including phenoxy) is 2. The number of rotatable bonds is 6. The lowest BCUT2D eigenvalue weighted by molar-refractivity contribution is -0.125. The Bertz CT molecular complexity index is 1540. The fourth-order valence-corrected chi connectivity index (χ4v) is 5.38. The molecule has 3 N–H and O–H groups in total. The highest BCUT2D eigenvalue weighted by atomic mass is 35.5. The van der Waals surface area contributed by atoms with Crippen molar-refractivity contribution in [3.05, 3.63) is 53.9 Å². The van der Waals surface area contributed by atoms with Gasteiger partial charge in [0.25, 0.3) is 0 Å². The van der Waals surface area contributed by atoms with Crippen LogP contribution < -0.4 is 15.4 Å². The molecule has 10 nitrogen and oxygen atoms in total. The lowest BCUT2D eigenvalue weighted by atomic mass is 10.1. The standard InChI is InChI=1S/C27H27ClN6O4/c1-27-9-15(27)12-34(13-23(35)31-17-3-4-24(37-2)30-10-17)22(14-38-27)26(36)33-20-8-16(28)7-19-18-5-6-29-11-21(18)32-25(19)20/h3-8,10-11,15,22,32H,9,12-14H2,1-2H3,(H,31,35)(H,33,36).